The molecule has 0 aliphatic rings. The number of carbonyl (C=O) groups excluding carboxylic acids is 3. The van der Waals surface area contributed by atoms with Gasteiger partial charge in [0.2, 0.25) is 0 Å². The summed E-state index contributed by atoms with van der Waals surface area (Å²) in [7, 11) is 0. The minimum Gasteiger partial charge on any atom is -0.486 e. The third-order valence-electron chi connectivity index (χ3n) is 4.90. The third kappa shape index (κ3) is 11.2. The van der Waals surface area contributed by atoms with Crippen molar-refractivity contribution in [2.24, 2.45) is 0 Å². The summed E-state index contributed by atoms with van der Waals surface area (Å²) in [6.45, 7) is 3.62. The maximum atomic E-state index is 13.1. The summed E-state index contributed by atoms with van der Waals surface area (Å²) in [4.78, 5) is 37.2. The number of rotatable bonds is 10. The topological polar surface area (TPSA) is 90.9 Å². The van der Waals surface area contributed by atoms with Gasteiger partial charge in [-0.25, -0.2) is 4.79 Å². The molecule has 0 aliphatic carbocycles. The molecule has 0 heterocycles. The minimum atomic E-state index is -5.11. The molecular formula is C26H27F6NO6. The smallest absolute Gasteiger partial charge is 0.416 e. The molecule has 1 amide bonds. The van der Waals surface area contributed by atoms with Crippen LogP contribution in [0.15, 0.2) is 48.5 Å². The van der Waals surface area contributed by atoms with Gasteiger partial charge in [0, 0.05) is 6.42 Å². The zero-order chi connectivity index (χ0) is 29.4. The van der Waals surface area contributed by atoms with Gasteiger partial charge in [0.15, 0.2) is 5.78 Å². The molecule has 2 rings (SSSR count). The van der Waals surface area contributed by atoms with Crippen molar-refractivity contribution in [1.82, 2.24) is 5.32 Å². The number of ether oxygens (including phenoxy) is 3. The van der Waals surface area contributed by atoms with E-state index in [1.54, 1.807) is 51.1 Å². The monoisotopic (exact) mass is 563 g/mol. The number of esters is 1. The number of alkyl halides is 6. The van der Waals surface area contributed by atoms with E-state index in [1.165, 1.54) is 0 Å². The van der Waals surface area contributed by atoms with E-state index >= 15 is 0 Å². The quantitative estimate of drug-likeness (QED) is 0.278. The SMILES string of the molecule is CC(C)(C)OC(=O)N[C@@H](CCC(=O)OCc1ccccc1)C(=O)COc1cc(C(F)(F)F)cc(C(F)(F)F)c1. The van der Waals surface area contributed by atoms with Crippen LogP contribution in [0.5, 0.6) is 5.75 Å². The molecule has 7 nitrogen and oxygen atoms in total. The first-order chi connectivity index (χ1) is 17.9. The molecular weight excluding hydrogens is 536 g/mol. The van der Waals surface area contributed by atoms with Crippen LogP contribution in [0.2, 0.25) is 0 Å². The molecule has 0 saturated carbocycles. The second-order valence-corrected chi connectivity index (χ2v) is 9.38. The Labute approximate surface area is 220 Å². The number of ketones is 1. The largest absolute Gasteiger partial charge is 0.486 e. The number of benzene rings is 2. The first-order valence-electron chi connectivity index (χ1n) is 11.6. The maximum Gasteiger partial charge on any atom is 0.416 e. The van der Waals surface area contributed by atoms with Crippen molar-refractivity contribution >= 4 is 17.8 Å². The van der Waals surface area contributed by atoms with Gasteiger partial charge in [-0.05, 0) is 51.0 Å². The van der Waals surface area contributed by atoms with E-state index < -0.39 is 65.3 Å². The fourth-order valence-electron chi connectivity index (χ4n) is 3.10. The normalized spacial score (nSPS) is 12.8. The fourth-order valence-corrected chi connectivity index (χ4v) is 3.10. The van der Waals surface area contributed by atoms with Gasteiger partial charge in [-0.15, -0.1) is 0 Å². The Morgan fingerprint density at radius 1 is 0.872 bits per heavy atom. The van der Waals surface area contributed by atoms with Crippen LogP contribution < -0.4 is 10.1 Å². The van der Waals surface area contributed by atoms with Gasteiger partial charge in [-0.2, -0.15) is 26.3 Å². The van der Waals surface area contributed by atoms with Crippen LogP contribution in [0.1, 0.15) is 50.3 Å². The van der Waals surface area contributed by atoms with Crippen LogP contribution in [-0.4, -0.2) is 36.1 Å². The molecule has 39 heavy (non-hydrogen) atoms. The molecule has 1 atom stereocenters. The molecule has 0 bridgehead atoms. The Morgan fingerprint density at radius 2 is 1.44 bits per heavy atom. The first-order valence-corrected chi connectivity index (χ1v) is 11.6. The highest BCUT2D eigenvalue weighted by atomic mass is 19.4. The summed E-state index contributed by atoms with van der Waals surface area (Å²) < 4.78 is 93.7. The molecule has 2 aromatic rings. The van der Waals surface area contributed by atoms with Crippen molar-refractivity contribution in [3.05, 3.63) is 65.2 Å². The summed E-state index contributed by atoms with van der Waals surface area (Å²) in [5.41, 5.74) is -3.48. The number of carbonyl (C=O) groups is 3. The molecule has 0 unspecified atom stereocenters. The minimum absolute atomic E-state index is 0.0437. The lowest BCUT2D eigenvalue weighted by Crippen LogP contribution is -2.45. The van der Waals surface area contributed by atoms with Gasteiger partial charge in [-0.3, -0.25) is 9.59 Å². The molecule has 2 aromatic carbocycles. The van der Waals surface area contributed by atoms with Crippen molar-refractivity contribution in [3.63, 3.8) is 0 Å². The van der Waals surface area contributed by atoms with Crippen molar-refractivity contribution < 1.29 is 54.9 Å². The maximum absolute atomic E-state index is 13.1. The van der Waals surface area contributed by atoms with Gasteiger partial charge in [0.25, 0.3) is 0 Å². The van der Waals surface area contributed by atoms with E-state index in [0.717, 1.165) is 0 Å². The van der Waals surface area contributed by atoms with E-state index in [1.807, 2.05) is 0 Å². The summed E-state index contributed by atoms with van der Waals surface area (Å²) in [5, 5.41) is 2.25. The van der Waals surface area contributed by atoms with Crippen LogP contribution in [0.25, 0.3) is 0 Å². The molecule has 214 valence electrons. The van der Waals surface area contributed by atoms with Gasteiger partial charge in [-0.1, -0.05) is 30.3 Å². The molecule has 0 aliphatic heterocycles. The highest BCUT2D eigenvalue weighted by Crippen LogP contribution is 2.38. The van der Waals surface area contributed by atoms with Gasteiger partial charge in [0.05, 0.1) is 17.2 Å². The standard InChI is InChI=1S/C26H27F6NO6/c1-24(2,3)39-23(36)33-20(9-10-22(35)38-14-16-7-5-4-6-8-16)21(34)15-37-19-12-17(25(27,28)29)11-18(13-19)26(30,31)32/h4-8,11-13,20H,9-10,14-15H2,1-3H3,(H,33,36)/t20-/m0/s1. The van der Waals surface area contributed by atoms with Crippen LogP contribution in [0.3, 0.4) is 0 Å². The molecule has 0 radical (unpaired) electrons. The van der Waals surface area contributed by atoms with Crippen molar-refractivity contribution in [2.75, 3.05) is 6.61 Å². The van der Waals surface area contributed by atoms with Crippen LogP contribution in [0.4, 0.5) is 31.1 Å². The fraction of sp³-hybridized carbons (Fsp3) is 0.423. The summed E-state index contributed by atoms with van der Waals surface area (Å²) in [5.74, 6) is -2.50. The number of nitrogens with one attached hydrogen (secondary N) is 1. The third-order valence-corrected chi connectivity index (χ3v) is 4.90. The predicted molar refractivity (Wildman–Crippen MR) is 126 cm³/mol. The molecule has 0 saturated heterocycles. The molecule has 13 heteroatoms. The van der Waals surface area contributed by atoms with E-state index in [0.29, 0.717) is 17.7 Å². The Kier molecular flexibility index (Phi) is 10.4. The number of Topliss-reactive ketones (excluding diaryl/α,β-unsaturated/α-hetero) is 1. The Hall–Kier alpha value is -3.77. The lowest BCUT2D eigenvalue weighted by atomic mass is 10.1. The van der Waals surface area contributed by atoms with Crippen molar-refractivity contribution in [3.8, 4) is 5.75 Å². The Balaban J connectivity index is 2.12. The number of alkyl carbamates (subject to hydrolysis) is 1. The van der Waals surface area contributed by atoms with Crippen LogP contribution in [-0.2, 0) is 38.0 Å². The van der Waals surface area contributed by atoms with Gasteiger partial charge < -0.3 is 19.5 Å². The van der Waals surface area contributed by atoms with Crippen LogP contribution in [0, 0.1) is 0 Å². The summed E-state index contributed by atoms with van der Waals surface area (Å²) in [6.07, 6.45) is -11.9. The molecule has 0 fully saturated rings. The molecule has 0 spiro atoms. The first kappa shape index (κ1) is 31.4. The lowest BCUT2D eigenvalue weighted by Gasteiger charge is -2.23. The Bertz CT molecular complexity index is 1110. The Morgan fingerprint density at radius 3 is 1.95 bits per heavy atom. The molecule has 0 aromatic heterocycles. The van der Waals surface area contributed by atoms with Crippen molar-refractivity contribution in [1.29, 1.82) is 0 Å². The lowest BCUT2D eigenvalue weighted by molar-refractivity contribution is -0.145. The van der Waals surface area contributed by atoms with E-state index in [2.05, 4.69) is 5.32 Å². The van der Waals surface area contributed by atoms with E-state index in [9.17, 15) is 40.7 Å². The second-order valence-electron chi connectivity index (χ2n) is 9.38. The molecule has 1 N–H and O–H groups in total. The second kappa shape index (κ2) is 12.9. The average Bonchev–Trinajstić information content (AvgIpc) is 2.82. The highest BCUT2D eigenvalue weighted by molar-refractivity contribution is 5.89. The summed E-state index contributed by atoms with van der Waals surface area (Å²) in [6, 6.07) is 7.84. The van der Waals surface area contributed by atoms with Crippen molar-refractivity contribution in [2.45, 2.75) is 64.2 Å². The highest BCUT2D eigenvalue weighted by Gasteiger charge is 2.37. The number of halogens is 6. The number of amides is 1. The zero-order valence-corrected chi connectivity index (χ0v) is 21.2. The van der Waals surface area contributed by atoms with E-state index in [4.69, 9.17) is 14.2 Å². The van der Waals surface area contributed by atoms with E-state index in [-0.39, 0.29) is 25.5 Å². The predicted octanol–water partition coefficient (Wildman–Crippen LogP) is 6.09. The van der Waals surface area contributed by atoms with Crippen LogP contribution >= 0.6 is 0 Å². The average molecular weight is 563 g/mol. The number of hydrogen-bond donors (Lipinski definition) is 1. The summed E-state index contributed by atoms with van der Waals surface area (Å²) >= 11 is 0. The zero-order valence-electron chi connectivity index (χ0n) is 21.2. The number of hydrogen-bond acceptors (Lipinski definition) is 6. The van der Waals surface area contributed by atoms with Gasteiger partial charge in [0.1, 0.15) is 24.6 Å². The van der Waals surface area contributed by atoms with Gasteiger partial charge >= 0.3 is 24.4 Å².